The number of carbonyl (C=O) groups excluding carboxylic acids is 1. The van der Waals surface area contributed by atoms with Gasteiger partial charge in [-0.2, -0.15) is 10.2 Å². The van der Waals surface area contributed by atoms with Crippen LogP contribution < -0.4 is 10.4 Å². The summed E-state index contributed by atoms with van der Waals surface area (Å²) < 4.78 is 0. The van der Waals surface area contributed by atoms with E-state index in [1.807, 2.05) is 44.2 Å². The van der Waals surface area contributed by atoms with Crippen molar-refractivity contribution in [1.82, 2.24) is 20.4 Å². The van der Waals surface area contributed by atoms with Gasteiger partial charge in [-0.3, -0.25) is 20.2 Å². The number of hydrogen-bond acceptors (Lipinski definition) is 6. The van der Waals surface area contributed by atoms with Gasteiger partial charge in [0.25, 0.3) is 5.91 Å². The maximum Gasteiger partial charge on any atom is 0.271 e. The minimum absolute atomic E-state index is 0.0234. The van der Waals surface area contributed by atoms with Crippen LogP contribution in [0.25, 0.3) is 10.9 Å². The van der Waals surface area contributed by atoms with Gasteiger partial charge < -0.3 is 0 Å². The highest BCUT2D eigenvalue weighted by Gasteiger charge is 2.19. The second kappa shape index (κ2) is 7.98. The summed E-state index contributed by atoms with van der Waals surface area (Å²) in [6, 6.07) is 11.2. The molecule has 0 bridgehead atoms. The highest BCUT2D eigenvalue weighted by Crippen LogP contribution is 2.22. The summed E-state index contributed by atoms with van der Waals surface area (Å²) in [5.41, 5.74) is 4.03. The molecule has 0 unspecified atom stereocenters. The van der Waals surface area contributed by atoms with Crippen molar-refractivity contribution < 1.29 is 4.79 Å². The van der Waals surface area contributed by atoms with Gasteiger partial charge in [0.15, 0.2) is 5.82 Å². The van der Waals surface area contributed by atoms with Gasteiger partial charge in [-0.1, -0.05) is 43.6 Å². The van der Waals surface area contributed by atoms with Crippen molar-refractivity contribution in [2.24, 2.45) is 5.92 Å². The van der Waals surface area contributed by atoms with Gasteiger partial charge in [0, 0.05) is 18.1 Å². The Hall–Kier alpha value is -3.24. The third kappa shape index (κ3) is 4.30. The van der Waals surface area contributed by atoms with Crippen LogP contribution in [0.5, 0.6) is 0 Å². The summed E-state index contributed by atoms with van der Waals surface area (Å²) in [6.07, 6.45) is 2.87. The molecule has 2 aromatic heterocycles. The molecule has 7 nitrogen and oxygen atoms in total. The first-order valence-corrected chi connectivity index (χ1v) is 8.71. The van der Waals surface area contributed by atoms with E-state index in [0.717, 1.165) is 10.9 Å². The number of hydrogen-bond donors (Lipinski definition) is 1. The van der Waals surface area contributed by atoms with Crippen molar-refractivity contribution in [3.05, 3.63) is 59.1 Å². The normalized spacial score (nSPS) is 10.6. The summed E-state index contributed by atoms with van der Waals surface area (Å²) in [4.78, 5) is 25.1. The Labute approximate surface area is 161 Å². The fourth-order valence-corrected chi connectivity index (χ4v) is 2.73. The lowest BCUT2D eigenvalue weighted by Gasteiger charge is -2.26. The molecule has 1 amide bonds. The van der Waals surface area contributed by atoms with Gasteiger partial charge in [-0.05, 0) is 18.1 Å². The van der Waals surface area contributed by atoms with E-state index < -0.39 is 0 Å². The monoisotopic (exact) mass is 380 g/mol. The van der Waals surface area contributed by atoms with E-state index in [0.29, 0.717) is 12.1 Å². The number of hydrazine groups is 1. The predicted octanol–water partition coefficient (Wildman–Crippen LogP) is 3.36. The molecular formula is C19H17ClN6O. The molecule has 0 fully saturated rings. The van der Waals surface area contributed by atoms with Crippen LogP contribution in [-0.2, 0) is 0 Å². The van der Waals surface area contributed by atoms with Crippen molar-refractivity contribution in [3.8, 4) is 6.07 Å². The molecule has 1 aromatic carbocycles. The molecule has 27 heavy (non-hydrogen) atoms. The van der Waals surface area contributed by atoms with Crippen LogP contribution in [0.3, 0.4) is 0 Å². The summed E-state index contributed by atoms with van der Waals surface area (Å²) in [6.45, 7) is 4.45. The predicted molar refractivity (Wildman–Crippen MR) is 103 cm³/mol. The number of nitrogens with zero attached hydrogens (tertiary/aromatic N) is 5. The minimum Gasteiger partial charge on any atom is -0.267 e. The fourth-order valence-electron chi connectivity index (χ4n) is 2.53. The van der Waals surface area contributed by atoms with Gasteiger partial charge in [0.2, 0.25) is 5.82 Å². The van der Waals surface area contributed by atoms with Gasteiger partial charge in [0.1, 0.15) is 11.1 Å². The smallest absolute Gasteiger partial charge is 0.267 e. The van der Waals surface area contributed by atoms with Gasteiger partial charge in [-0.25, -0.2) is 4.98 Å². The van der Waals surface area contributed by atoms with Crippen LogP contribution in [0, 0.1) is 17.2 Å². The Morgan fingerprint density at radius 2 is 2.07 bits per heavy atom. The van der Waals surface area contributed by atoms with E-state index in [1.54, 1.807) is 6.07 Å². The minimum atomic E-state index is -0.345. The second-order valence-corrected chi connectivity index (χ2v) is 6.75. The quantitative estimate of drug-likeness (QED) is 0.682. The zero-order valence-corrected chi connectivity index (χ0v) is 15.6. The molecule has 0 aliphatic heterocycles. The fraction of sp³-hybridized carbons (Fsp3) is 0.211. The molecule has 136 valence electrons. The number of pyridine rings is 1. The number of amides is 1. The molecule has 0 saturated heterocycles. The lowest BCUT2D eigenvalue weighted by molar-refractivity contribution is 0.0947. The molecule has 0 aliphatic carbocycles. The number of benzene rings is 1. The number of fused-ring (bicyclic) bond motifs is 1. The number of rotatable bonds is 5. The Bertz CT molecular complexity index is 1030. The molecule has 3 aromatic rings. The lowest BCUT2D eigenvalue weighted by Crippen LogP contribution is -2.45. The van der Waals surface area contributed by atoms with E-state index in [-0.39, 0.29) is 28.5 Å². The maximum atomic E-state index is 12.8. The molecule has 0 spiro atoms. The lowest BCUT2D eigenvalue weighted by atomic mass is 10.1. The molecule has 0 atom stereocenters. The molecule has 2 heterocycles. The van der Waals surface area contributed by atoms with E-state index in [2.05, 4.69) is 20.4 Å². The SMILES string of the molecule is CC(C)CN(NC(=O)c1cnc2ccccc2c1)c1nc(C#N)ncc1Cl. The van der Waals surface area contributed by atoms with Crippen molar-refractivity contribution in [2.45, 2.75) is 13.8 Å². The Morgan fingerprint density at radius 3 is 2.81 bits per heavy atom. The van der Waals surface area contributed by atoms with Crippen LogP contribution in [0.1, 0.15) is 30.0 Å². The Kier molecular flexibility index (Phi) is 5.48. The average molecular weight is 381 g/mol. The number of aromatic nitrogens is 3. The summed E-state index contributed by atoms with van der Waals surface area (Å²) in [7, 11) is 0. The van der Waals surface area contributed by atoms with Gasteiger partial charge >= 0.3 is 0 Å². The van der Waals surface area contributed by atoms with Crippen LogP contribution in [-0.4, -0.2) is 27.4 Å². The van der Waals surface area contributed by atoms with Crippen LogP contribution >= 0.6 is 11.6 Å². The number of para-hydroxylation sites is 1. The molecule has 8 heteroatoms. The summed E-state index contributed by atoms with van der Waals surface area (Å²) in [5, 5.41) is 11.7. The Morgan fingerprint density at radius 1 is 1.30 bits per heavy atom. The van der Waals surface area contributed by atoms with Crippen molar-refractivity contribution in [2.75, 3.05) is 11.6 Å². The number of nitriles is 1. The van der Waals surface area contributed by atoms with E-state index in [9.17, 15) is 4.79 Å². The van der Waals surface area contributed by atoms with E-state index >= 15 is 0 Å². The number of halogens is 1. The summed E-state index contributed by atoms with van der Waals surface area (Å²) in [5.74, 6) is 0.113. The first-order valence-electron chi connectivity index (χ1n) is 8.34. The third-order valence-corrected chi connectivity index (χ3v) is 3.98. The molecule has 1 N–H and O–H groups in total. The van der Waals surface area contributed by atoms with Crippen molar-refractivity contribution in [1.29, 1.82) is 5.26 Å². The third-order valence-electron chi connectivity index (χ3n) is 3.72. The number of carbonyl (C=O) groups is 1. The average Bonchev–Trinajstić information content (AvgIpc) is 2.67. The van der Waals surface area contributed by atoms with Crippen LogP contribution in [0.4, 0.5) is 5.82 Å². The molecule has 3 rings (SSSR count). The van der Waals surface area contributed by atoms with E-state index in [1.165, 1.54) is 17.4 Å². The van der Waals surface area contributed by atoms with Crippen molar-refractivity contribution in [3.63, 3.8) is 0 Å². The first kappa shape index (κ1) is 18.5. The molecule has 0 aliphatic rings. The van der Waals surface area contributed by atoms with Crippen molar-refractivity contribution >= 4 is 34.2 Å². The summed E-state index contributed by atoms with van der Waals surface area (Å²) >= 11 is 6.20. The molecule has 0 saturated carbocycles. The van der Waals surface area contributed by atoms with Gasteiger partial charge in [-0.15, -0.1) is 0 Å². The van der Waals surface area contributed by atoms with Crippen LogP contribution in [0.15, 0.2) is 42.7 Å². The highest BCUT2D eigenvalue weighted by molar-refractivity contribution is 6.32. The maximum absolute atomic E-state index is 12.8. The topological polar surface area (TPSA) is 94.8 Å². The zero-order chi connectivity index (χ0) is 19.4. The number of anilines is 1. The van der Waals surface area contributed by atoms with E-state index in [4.69, 9.17) is 16.9 Å². The van der Waals surface area contributed by atoms with Gasteiger partial charge in [0.05, 0.1) is 17.3 Å². The highest BCUT2D eigenvalue weighted by atomic mass is 35.5. The largest absolute Gasteiger partial charge is 0.271 e. The zero-order valence-electron chi connectivity index (χ0n) is 14.8. The first-order chi connectivity index (χ1) is 13.0. The number of nitrogens with one attached hydrogen (secondary N) is 1. The second-order valence-electron chi connectivity index (χ2n) is 6.34. The molecule has 0 radical (unpaired) electrons. The standard InChI is InChI=1S/C19H17ClN6O/c1-12(2)11-26(18-15(20)10-23-17(8-21)24-18)25-19(27)14-7-13-5-3-4-6-16(13)22-9-14/h3-7,9-10,12H,11H2,1-2H3,(H,25,27). The van der Waals surface area contributed by atoms with Crippen LogP contribution in [0.2, 0.25) is 5.02 Å². The Balaban J connectivity index is 1.91. The molecular weight excluding hydrogens is 364 g/mol.